The van der Waals surface area contributed by atoms with E-state index in [1.54, 1.807) is 0 Å². The second-order valence-electron chi connectivity index (χ2n) is 17.6. The summed E-state index contributed by atoms with van der Waals surface area (Å²) in [5, 5.41) is 12.0. The van der Waals surface area contributed by atoms with Gasteiger partial charge in [0.05, 0.1) is 27.8 Å². The number of hydrogen-bond acceptors (Lipinski definition) is 3. The maximum absolute atomic E-state index is 5.31. The van der Waals surface area contributed by atoms with Crippen molar-refractivity contribution in [1.82, 2.24) is 24.1 Å². The van der Waals surface area contributed by atoms with Crippen molar-refractivity contribution in [1.29, 1.82) is 0 Å². The van der Waals surface area contributed by atoms with E-state index in [2.05, 4.69) is 221 Å². The minimum atomic E-state index is 0.609. The average Bonchev–Trinajstić information content (AvgIpc) is 3.92. The molecule has 0 aliphatic carbocycles. The summed E-state index contributed by atoms with van der Waals surface area (Å²) < 4.78 is 4.92. The van der Waals surface area contributed by atoms with Gasteiger partial charge in [0.2, 0.25) is 0 Å². The third-order valence-electron chi connectivity index (χ3n) is 13.7. The zero-order valence-corrected chi connectivity index (χ0v) is 36.8. The van der Waals surface area contributed by atoms with Crippen LogP contribution in [0.1, 0.15) is 0 Å². The van der Waals surface area contributed by atoms with Gasteiger partial charge in [-0.1, -0.05) is 182 Å². The van der Waals surface area contributed by atoms with Crippen molar-refractivity contribution in [3.8, 4) is 56.7 Å². The molecule has 14 aromatic rings. The van der Waals surface area contributed by atoms with Crippen LogP contribution >= 0.6 is 0 Å². The lowest BCUT2D eigenvalue weighted by molar-refractivity contribution is 1.07. The topological polar surface area (TPSA) is 48.5 Å². The Morgan fingerprint density at radius 1 is 0.250 bits per heavy atom. The van der Waals surface area contributed by atoms with Gasteiger partial charge in [-0.05, 0) is 92.7 Å². The quantitative estimate of drug-likeness (QED) is 0.167. The summed E-state index contributed by atoms with van der Waals surface area (Å²) in [6.07, 6.45) is 0. The van der Waals surface area contributed by atoms with Gasteiger partial charge < -0.3 is 9.13 Å². The van der Waals surface area contributed by atoms with Gasteiger partial charge in [0.1, 0.15) is 0 Å². The lowest BCUT2D eigenvalue weighted by Crippen LogP contribution is -2.02. The number of hydrogen-bond donors (Lipinski definition) is 0. The third-order valence-corrected chi connectivity index (χ3v) is 13.7. The first-order valence-corrected chi connectivity index (χ1v) is 23.1. The molecule has 0 aliphatic rings. The summed E-state index contributed by atoms with van der Waals surface area (Å²) in [5.41, 5.74) is 11.8. The van der Waals surface area contributed by atoms with E-state index in [1.165, 1.54) is 48.6 Å². The molecular weight excluding hydrogens is 827 g/mol. The highest BCUT2D eigenvalue weighted by Gasteiger charge is 2.22. The minimum absolute atomic E-state index is 0.609. The number of fused-ring (bicyclic) bond motifs is 10. The van der Waals surface area contributed by atoms with Crippen LogP contribution in [0.15, 0.2) is 237 Å². The molecule has 0 atom stereocenters. The molecule has 5 nitrogen and oxygen atoms in total. The number of nitrogens with zero attached hydrogens (tertiary/aromatic N) is 5. The molecular formula is C63H39N5. The van der Waals surface area contributed by atoms with Crippen molar-refractivity contribution in [2.24, 2.45) is 0 Å². The molecule has 3 heterocycles. The molecule has 0 bridgehead atoms. The van der Waals surface area contributed by atoms with Crippen LogP contribution in [0.2, 0.25) is 0 Å². The van der Waals surface area contributed by atoms with Crippen molar-refractivity contribution in [2.45, 2.75) is 0 Å². The van der Waals surface area contributed by atoms with Crippen molar-refractivity contribution >= 4 is 75.9 Å². The zero-order valence-electron chi connectivity index (χ0n) is 36.8. The SMILES string of the molecule is c1ccc(-c2cccc(-c3nc(-c4ccccc4)nc(-c4cc(-n5c6ccccc6c6cc7c8c9ccccc9ccc8n(-c8ccc9ccccc9c8)c7cc65)c5ccccc5c4)n3)c2)cc1. The maximum Gasteiger partial charge on any atom is 0.164 e. The minimum Gasteiger partial charge on any atom is -0.309 e. The highest BCUT2D eigenvalue weighted by Crippen LogP contribution is 2.44. The Bertz CT molecular complexity index is 4320. The molecule has 0 N–H and O–H groups in total. The van der Waals surface area contributed by atoms with Crippen molar-refractivity contribution in [3.05, 3.63) is 237 Å². The average molecular weight is 866 g/mol. The van der Waals surface area contributed by atoms with Gasteiger partial charge in [0.15, 0.2) is 17.5 Å². The number of aromatic nitrogens is 5. The lowest BCUT2D eigenvalue weighted by Gasteiger charge is -2.15. The molecule has 5 heteroatoms. The van der Waals surface area contributed by atoms with E-state index in [0.717, 1.165) is 66.5 Å². The van der Waals surface area contributed by atoms with Gasteiger partial charge in [0.25, 0.3) is 0 Å². The molecule has 11 aromatic carbocycles. The van der Waals surface area contributed by atoms with Gasteiger partial charge in [0, 0.05) is 49.3 Å². The van der Waals surface area contributed by atoms with Crippen molar-refractivity contribution in [2.75, 3.05) is 0 Å². The molecule has 0 amide bonds. The van der Waals surface area contributed by atoms with Gasteiger partial charge in [-0.3, -0.25) is 0 Å². The van der Waals surface area contributed by atoms with Gasteiger partial charge in [-0.2, -0.15) is 0 Å². The lowest BCUT2D eigenvalue weighted by atomic mass is 10.0. The van der Waals surface area contributed by atoms with Gasteiger partial charge in [-0.25, -0.2) is 15.0 Å². The summed E-state index contributed by atoms with van der Waals surface area (Å²) >= 11 is 0. The summed E-state index contributed by atoms with van der Waals surface area (Å²) in [4.78, 5) is 15.7. The fourth-order valence-corrected chi connectivity index (χ4v) is 10.5. The number of rotatable bonds is 6. The predicted molar refractivity (Wildman–Crippen MR) is 283 cm³/mol. The van der Waals surface area contributed by atoms with E-state index in [1.807, 2.05) is 24.3 Å². The number of para-hydroxylation sites is 1. The molecule has 3 aromatic heterocycles. The van der Waals surface area contributed by atoms with E-state index < -0.39 is 0 Å². The normalized spacial score (nSPS) is 11.8. The van der Waals surface area contributed by atoms with E-state index in [0.29, 0.717) is 17.5 Å². The second kappa shape index (κ2) is 15.2. The Kier molecular flexibility index (Phi) is 8.52. The van der Waals surface area contributed by atoms with Crippen LogP contribution in [0, 0.1) is 0 Å². The Morgan fingerprint density at radius 2 is 0.838 bits per heavy atom. The summed E-state index contributed by atoms with van der Waals surface area (Å²) in [7, 11) is 0. The highest BCUT2D eigenvalue weighted by molar-refractivity contribution is 6.25. The fraction of sp³-hybridized carbons (Fsp3) is 0. The molecule has 0 radical (unpaired) electrons. The van der Waals surface area contributed by atoms with Crippen molar-refractivity contribution in [3.63, 3.8) is 0 Å². The molecule has 316 valence electrons. The molecule has 0 aliphatic heterocycles. The molecule has 0 unspecified atom stereocenters. The predicted octanol–water partition coefficient (Wildman–Crippen LogP) is 16.2. The molecule has 0 saturated heterocycles. The van der Waals surface area contributed by atoms with Crippen LogP contribution in [0.25, 0.3) is 133 Å². The molecule has 0 saturated carbocycles. The molecule has 14 rings (SSSR count). The standard InChI is InChI=1S/C63H39N5/c1-3-16-40(17-4-1)44-24-15-25-47(34-44)62-64-61(43-20-5-2-6-21-43)65-63(66-62)48-35-46-23-10-11-26-50(46)57(37-48)68-55-29-14-13-28-52(55)53-38-54-59(39-58(53)68)67(49-32-30-41-18-7-8-22-45(41)36-49)56-33-31-42-19-9-12-27-51(42)60(54)56/h1-39H. The first-order chi connectivity index (χ1) is 33.7. The van der Waals surface area contributed by atoms with Crippen LogP contribution in [0.3, 0.4) is 0 Å². The Labute approximate surface area is 391 Å². The fourth-order valence-electron chi connectivity index (χ4n) is 10.5. The van der Waals surface area contributed by atoms with Crippen LogP contribution in [0.4, 0.5) is 0 Å². The van der Waals surface area contributed by atoms with Gasteiger partial charge in [-0.15, -0.1) is 0 Å². The molecule has 68 heavy (non-hydrogen) atoms. The summed E-state index contributed by atoms with van der Waals surface area (Å²) in [5.74, 6) is 1.85. The first-order valence-electron chi connectivity index (χ1n) is 23.1. The smallest absolute Gasteiger partial charge is 0.164 e. The van der Waals surface area contributed by atoms with Crippen molar-refractivity contribution < 1.29 is 0 Å². The van der Waals surface area contributed by atoms with Crippen LogP contribution in [-0.2, 0) is 0 Å². The summed E-state index contributed by atoms with van der Waals surface area (Å²) in [6.45, 7) is 0. The molecule has 0 fully saturated rings. The summed E-state index contributed by atoms with van der Waals surface area (Å²) in [6, 6.07) is 84.8. The van der Waals surface area contributed by atoms with Crippen LogP contribution in [0.5, 0.6) is 0 Å². The maximum atomic E-state index is 5.31. The second-order valence-corrected chi connectivity index (χ2v) is 17.6. The monoisotopic (exact) mass is 865 g/mol. The Morgan fingerprint density at radius 3 is 1.65 bits per heavy atom. The van der Waals surface area contributed by atoms with E-state index in [-0.39, 0.29) is 0 Å². The van der Waals surface area contributed by atoms with Crippen LogP contribution < -0.4 is 0 Å². The first kappa shape index (κ1) is 38.1. The van der Waals surface area contributed by atoms with Crippen LogP contribution in [-0.4, -0.2) is 24.1 Å². The largest absolute Gasteiger partial charge is 0.309 e. The van der Waals surface area contributed by atoms with E-state index in [4.69, 9.17) is 15.0 Å². The van der Waals surface area contributed by atoms with Gasteiger partial charge >= 0.3 is 0 Å². The third kappa shape index (κ3) is 6.06. The number of benzene rings is 11. The Hall–Kier alpha value is -9.19. The highest BCUT2D eigenvalue weighted by atomic mass is 15.0. The Balaban J connectivity index is 1.05. The molecule has 0 spiro atoms. The zero-order chi connectivity index (χ0) is 44.7. The van der Waals surface area contributed by atoms with E-state index >= 15 is 0 Å². The van der Waals surface area contributed by atoms with E-state index in [9.17, 15) is 0 Å².